The number of ether oxygens (including phenoxy) is 1. The van der Waals surface area contributed by atoms with E-state index in [0.29, 0.717) is 5.56 Å². The van der Waals surface area contributed by atoms with E-state index in [4.69, 9.17) is 16.0 Å². The van der Waals surface area contributed by atoms with Gasteiger partial charge in [0.1, 0.15) is 6.10 Å². The average molecular weight is 298 g/mol. The van der Waals surface area contributed by atoms with Crippen LogP contribution in [0.2, 0.25) is 0 Å². The zero-order chi connectivity index (χ0) is 15.2. The molecule has 0 radical (unpaired) electrons. The Morgan fingerprint density at radius 3 is 2.50 bits per heavy atom. The Balaban J connectivity index is 3.04. The topological polar surface area (TPSA) is 135 Å². The highest BCUT2D eigenvalue weighted by molar-refractivity contribution is 7.91. The SMILES string of the molecule is CCS(=O)(=O)c1ccc([C@H](CN=[N+]=[N-])OC(N)=O)cc1. The molecule has 0 aromatic heterocycles. The van der Waals surface area contributed by atoms with Crippen LogP contribution in [0, 0.1) is 0 Å². The van der Waals surface area contributed by atoms with E-state index in [1.807, 2.05) is 0 Å². The van der Waals surface area contributed by atoms with E-state index < -0.39 is 22.0 Å². The minimum absolute atomic E-state index is 0.00765. The minimum atomic E-state index is -3.30. The number of nitrogens with zero attached hydrogens (tertiary/aromatic N) is 3. The molecule has 0 fully saturated rings. The van der Waals surface area contributed by atoms with Crippen LogP contribution in [-0.4, -0.2) is 26.8 Å². The van der Waals surface area contributed by atoms with Gasteiger partial charge in [-0.3, -0.25) is 0 Å². The van der Waals surface area contributed by atoms with Gasteiger partial charge in [0.25, 0.3) is 0 Å². The molecule has 0 aliphatic rings. The molecule has 1 aromatic rings. The van der Waals surface area contributed by atoms with E-state index in [1.165, 1.54) is 24.3 Å². The summed E-state index contributed by atoms with van der Waals surface area (Å²) in [5, 5.41) is 3.32. The van der Waals surface area contributed by atoms with Crippen LogP contribution in [0.5, 0.6) is 0 Å². The predicted molar refractivity (Wildman–Crippen MR) is 71.6 cm³/mol. The standard InChI is InChI=1S/C11H14N4O4S/c1-2-20(17,18)9-5-3-8(4-6-9)10(7-14-15-13)19-11(12)16/h3-6,10H,2,7H2,1H3,(H2,12,16)/t10-/m0/s1. The summed E-state index contributed by atoms with van der Waals surface area (Å²) in [5.74, 6) is -0.00765. The van der Waals surface area contributed by atoms with Gasteiger partial charge in [0, 0.05) is 4.91 Å². The van der Waals surface area contributed by atoms with Crippen molar-refractivity contribution in [3.8, 4) is 0 Å². The third kappa shape index (κ3) is 4.15. The molecular weight excluding hydrogens is 284 g/mol. The lowest BCUT2D eigenvalue weighted by Crippen LogP contribution is -2.19. The molecule has 1 atom stereocenters. The number of amides is 1. The zero-order valence-corrected chi connectivity index (χ0v) is 11.6. The molecule has 0 aliphatic heterocycles. The van der Waals surface area contributed by atoms with Crippen LogP contribution < -0.4 is 5.73 Å². The van der Waals surface area contributed by atoms with Crippen LogP contribution in [0.3, 0.4) is 0 Å². The molecule has 20 heavy (non-hydrogen) atoms. The number of carbonyl (C=O) groups is 1. The first-order valence-corrected chi connectivity index (χ1v) is 7.35. The van der Waals surface area contributed by atoms with E-state index in [1.54, 1.807) is 6.92 Å². The molecule has 0 saturated heterocycles. The van der Waals surface area contributed by atoms with Crippen LogP contribution in [-0.2, 0) is 14.6 Å². The van der Waals surface area contributed by atoms with E-state index >= 15 is 0 Å². The average Bonchev–Trinajstić information content (AvgIpc) is 2.43. The van der Waals surface area contributed by atoms with Crippen LogP contribution in [0.15, 0.2) is 34.3 Å². The summed E-state index contributed by atoms with van der Waals surface area (Å²) < 4.78 is 28.1. The van der Waals surface area contributed by atoms with Gasteiger partial charge in [-0.15, -0.1) is 0 Å². The molecule has 1 rings (SSSR count). The maximum absolute atomic E-state index is 11.7. The molecule has 2 N–H and O–H groups in total. The Kier molecular flexibility index (Phi) is 5.36. The van der Waals surface area contributed by atoms with Gasteiger partial charge in [-0.1, -0.05) is 24.2 Å². The maximum Gasteiger partial charge on any atom is 0.405 e. The van der Waals surface area contributed by atoms with E-state index in [2.05, 4.69) is 10.0 Å². The summed E-state index contributed by atoms with van der Waals surface area (Å²) in [5.41, 5.74) is 13.7. The van der Waals surface area contributed by atoms with Gasteiger partial charge in [-0.2, -0.15) is 0 Å². The number of hydrogen-bond acceptors (Lipinski definition) is 5. The van der Waals surface area contributed by atoms with Gasteiger partial charge in [0.05, 0.1) is 17.2 Å². The van der Waals surface area contributed by atoms with Gasteiger partial charge < -0.3 is 10.5 Å². The van der Waals surface area contributed by atoms with Crippen molar-refractivity contribution in [3.05, 3.63) is 40.3 Å². The number of sulfone groups is 1. The maximum atomic E-state index is 11.7. The Morgan fingerprint density at radius 2 is 2.05 bits per heavy atom. The second-order valence-electron chi connectivity index (χ2n) is 3.81. The quantitative estimate of drug-likeness (QED) is 0.487. The molecule has 9 heteroatoms. The van der Waals surface area contributed by atoms with Gasteiger partial charge in [0.2, 0.25) is 0 Å². The largest absolute Gasteiger partial charge is 0.441 e. The molecule has 0 heterocycles. The Morgan fingerprint density at radius 1 is 1.45 bits per heavy atom. The first kappa shape index (κ1) is 15.8. The van der Waals surface area contributed by atoms with Gasteiger partial charge in [-0.25, -0.2) is 13.2 Å². The summed E-state index contributed by atoms with van der Waals surface area (Å²) in [7, 11) is -3.30. The monoisotopic (exact) mass is 298 g/mol. The fraction of sp³-hybridized carbons (Fsp3) is 0.364. The van der Waals surface area contributed by atoms with Crippen molar-refractivity contribution in [2.75, 3.05) is 12.3 Å². The van der Waals surface area contributed by atoms with Crippen LogP contribution in [0.1, 0.15) is 18.6 Å². The third-order valence-electron chi connectivity index (χ3n) is 2.56. The summed E-state index contributed by atoms with van der Waals surface area (Å²) in [4.78, 5) is 13.5. The number of nitrogens with two attached hydrogens (primary N) is 1. The summed E-state index contributed by atoms with van der Waals surface area (Å²) in [6.45, 7) is 1.42. The number of azide groups is 1. The predicted octanol–water partition coefficient (Wildman–Crippen LogP) is 1.93. The van der Waals surface area contributed by atoms with Crippen molar-refractivity contribution >= 4 is 15.9 Å². The van der Waals surface area contributed by atoms with Crippen molar-refractivity contribution in [1.82, 2.24) is 0 Å². The summed E-state index contributed by atoms with van der Waals surface area (Å²) in [6.07, 6.45) is -1.85. The number of benzene rings is 1. The molecule has 0 unspecified atom stereocenters. The lowest BCUT2D eigenvalue weighted by molar-refractivity contribution is 0.111. The number of hydrogen-bond donors (Lipinski definition) is 1. The van der Waals surface area contributed by atoms with E-state index in [0.717, 1.165) is 0 Å². The number of primary amides is 1. The molecule has 8 nitrogen and oxygen atoms in total. The fourth-order valence-corrected chi connectivity index (χ4v) is 2.40. The summed E-state index contributed by atoms with van der Waals surface area (Å²) >= 11 is 0. The molecule has 0 aliphatic carbocycles. The van der Waals surface area contributed by atoms with Crippen LogP contribution in [0.25, 0.3) is 10.4 Å². The number of carbonyl (C=O) groups excluding carboxylic acids is 1. The lowest BCUT2D eigenvalue weighted by Gasteiger charge is -2.15. The molecule has 1 aromatic carbocycles. The van der Waals surface area contributed by atoms with E-state index in [-0.39, 0.29) is 17.2 Å². The normalized spacial score (nSPS) is 12.2. The molecule has 0 saturated carbocycles. The van der Waals surface area contributed by atoms with Crippen molar-refractivity contribution in [2.45, 2.75) is 17.9 Å². The van der Waals surface area contributed by atoms with Crippen LogP contribution >= 0.6 is 0 Å². The highest BCUT2D eigenvalue weighted by Gasteiger charge is 2.16. The van der Waals surface area contributed by atoms with Gasteiger partial charge >= 0.3 is 6.09 Å². The molecule has 108 valence electrons. The highest BCUT2D eigenvalue weighted by atomic mass is 32.2. The van der Waals surface area contributed by atoms with Crippen LogP contribution in [0.4, 0.5) is 4.79 Å². The van der Waals surface area contributed by atoms with Crippen molar-refractivity contribution in [2.24, 2.45) is 10.8 Å². The highest BCUT2D eigenvalue weighted by Crippen LogP contribution is 2.21. The molecule has 0 bridgehead atoms. The Labute approximate surface area is 116 Å². The van der Waals surface area contributed by atoms with Crippen molar-refractivity contribution in [3.63, 3.8) is 0 Å². The van der Waals surface area contributed by atoms with Crippen molar-refractivity contribution in [1.29, 1.82) is 0 Å². The molecule has 0 spiro atoms. The fourth-order valence-electron chi connectivity index (χ4n) is 1.52. The summed E-state index contributed by atoms with van der Waals surface area (Å²) in [6, 6.07) is 5.79. The van der Waals surface area contributed by atoms with Gasteiger partial charge in [0.15, 0.2) is 9.84 Å². The molecular formula is C11H14N4O4S. The third-order valence-corrected chi connectivity index (χ3v) is 4.31. The second-order valence-corrected chi connectivity index (χ2v) is 6.09. The molecule has 1 amide bonds. The Hall–Kier alpha value is -2.25. The first-order valence-electron chi connectivity index (χ1n) is 5.70. The first-order chi connectivity index (χ1) is 9.40. The second kappa shape index (κ2) is 6.78. The van der Waals surface area contributed by atoms with Gasteiger partial charge in [-0.05, 0) is 23.2 Å². The van der Waals surface area contributed by atoms with Crippen molar-refractivity contribution < 1.29 is 17.9 Å². The zero-order valence-electron chi connectivity index (χ0n) is 10.8. The van der Waals surface area contributed by atoms with E-state index in [9.17, 15) is 13.2 Å². The number of rotatable bonds is 6. The minimum Gasteiger partial charge on any atom is -0.441 e. The lowest BCUT2D eigenvalue weighted by atomic mass is 10.1. The smallest absolute Gasteiger partial charge is 0.405 e. The Bertz CT molecular complexity index is 616.